The van der Waals surface area contributed by atoms with E-state index in [9.17, 15) is 0 Å². The van der Waals surface area contributed by atoms with Gasteiger partial charge in [-0.2, -0.15) is 5.10 Å². The summed E-state index contributed by atoms with van der Waals surface area (Å²) in [5.41, 5.74) is 2.62. The molecule has 1 unspecified atom stereocenters. The zero-order valence-corrected chi connectivity index (χ0v) is 12.3. The van der Waals surface area contributed by atoms with Crippen LogP contribution < -0.4 is 0 Å². The highest BCUT2D eigenvalue weighted by Crippen LogP contribution is 2.17. The quantitative estimate of drug-likeness (QED) is 0.697. The van der Waals surface area contributed by atoms with E-state index in [1.54, 1.807) is 0 Å². The zero-order chi connectivity index (χ0) is 12.0. The summed E-state index contributed by atoms with van der Waals surface area (Å²) < 4.78 is 2.16. The van der Waals surface area contributed by atoms with Crippen molar-refractivity contribution in [2.45, 2.75) is 53.0 Å². The summed E-state index contributed by atoms with van der Waals surface area (Å²) in [4.78, 5) is 0. The number of alkyl halides is 1. The molecule has 1 heterocycles. The van der Waals surface area contributed by atoms with Gasteiger partial charge in [-0.3, -0.25) is 4.68 Å². The molecule has 0 saturated heterocycles. The van der Waals surface area contributed by atoms with Gasteiger partial charge in [0.1, 0.15) is 0 Å². The van der Waals surface area contributed by atoms with Gasteiger partial charge in [-0.15, -0.1) is 0 Å². The van der Waals surface area contributed by atoms with Gasteiger partial charge in [0, 0.05) is 17.6 Å². The minimum atomic E-state index is 0.747. The van der Waals surface area contributed by atoms with Gasteiger partial charge >= 0.3 is 0 Å². The third-order valence-electron chi connectivity index (χ3n) is 2.99. The van der Waals surface area contributed by atoms with Gasteiger partial charge in [-0.1, -0.05) is 36.2 Å². The van der Waals surface area contributed by atoms with Crippen LogP contribution in [-0.4, -0.2) is 15.1 Å². The SMILES string of the molecule is CCCC(CBr)Cc1cc(CC)nn1CC. The van der Waals surface area contributed by atoms with E-state index in [4.69, 9.17) is 0 Å². The van der Waals surface area contributed by atoms with Gasteiger partial charge in [-0.25, -0.2) is 0 Å². The molecule has 1 atom stereocenters. The maximum absolute atomic E-state index is 4.60. The van der Waals surface area contributed by atoms with E-state index in [-0.39, 0.29) is 0 Å². The smallest absolute Gasteiger partial charge is 0.0624 e. The van der Waals surface area contributed by atoms with Crippen molar-refractivity contribution in [3.05, 3.63) is 17.5 Å². The first-order chi connectivity index (χ1) is 7.74. The van der Waals surface area contributed by atoms with Crippen molar-refractivity contribution >= 4 is 15.9 Å². The van der Waals surface area contributed by atoms with E-state index >= 15 is 0 Å². The van der Waals surface area contributed by atoms with Crippen molar-refractivity contribution in [2.75, 3.05) is 5.33 Å². The highest BCUT2D eigenvalue weighted by molar-refractivity contribution is 9.09. The maximum Gasteiger partial charge on any atom is 0.0624 e. The molecule has 1 aromatic heterocycles. The molecule has 16 heavy (non-hydrogen) atoms. The minimum Gasteiger partial charge on any atom is -0.270 e. The van der Waals surface area contributed by atoms with E-state index in [1.807, 2.05) is 0 Å². The molecule has 0 aliphatic rings. The number of nitrogens with zero attached hydrogens (tertiary/aromatic N) is 2. The normalized spacial score (nSPS) is 13.0. The predicted molar refractivity (Wildman–Crippen MR) is 73.2 cm³/mol. The van der Waals surface area contributed by atoms with Gasteiger partial charge in [0.15, 0.2) is 0 Å². The van der Waals surface area contributed by atoms with Gasteiger partial charge in [-0.05, 0) is 38.2 Å². The van der Waals surface area contributed by atoms with Crippen LogP contribution in [0.2, 0.25) is 0 Å². The van der Waals surface area contributed by atoms with Crippen LogP contribution in [0, 0.1) is 5.92 Å². The lowest BCUT2D eigenvalue weighted by molar-refractivity contribution is 0.501. The molecule has 2 nitrogen and oxygen atoms in total. The molecule has 0 aliphatic heterocycles. The van der Waals surface area contributed by atoms with Crippen LogP contribution in [0.1, 0.15) is 45.0 Å². The van der Waals surface area contributed by atoms with Crippen molar-refractivity contribution in [2.24, 2.45) is 5.92 Å². The van der Waals surface area contributed by atoms with Crippen LogP contribution in [0.3, 0.4) is 0 Å². The molecule has 0 fully saturated rings. The highest BCUT2D eigenvalue weighted by Gasteiger charge is 2.12. The Morgan fingerprint density at radius 2 is 2.12 bits per heavy atom. The Balaban J connectivity index is 2.73. The molecule has 0 saturated carbocycles. The number of aryl methyl sites for hydroxylation is 2. The van der Waals surface area contributed by atoms with Crippen LogP contribution in [0.4, 0.5) is 0 Å². The van der Waals surface area contributed by atoms with Crippen LogP contribution >= 0.6 is 15.9 Å². The second-order valence-electron chi connectivity index (χ2n) is 4.31. The topological polar surface area (TPSA) is 17.8 Å². The first kappa shape index (κ1) is 13.8. The molecule has 0 aliphatic carbocycles. The molecule has 0 amide bonds. The second kappa shape index (κ2) is 7.10. The summed E-state index contributed by atoms with van der Waals surface area (Å²) in [5, 5.41) is 5.69. The molecular weight excluding hydrogens is 264 g/mol. The summed E-state index contributed by atoms with van der Waals surface area (Å²) in [5.74, 6) is 0.747. The third-order valence-corrected chi connectivity index (χ3v) is 3.90. The van der Waals surface area contributed by atoms with Gasteiger partial charge in [0.25, 0.3) is 0 Å². The largest absolute Gasteiger partial charge is 0.270 e. The zero-order valence-electron chi connectivity index (χ0n) is 10.7. The highest BCUT2D eigenvalue weighted by atomic mass is 79.9. The first-order valence-electron chi connectivity index (χ1n) is 6.36. The lowest BCUT2D eigenvalue weighted by Gasteiger charge is -2.13. The Labute approximate surface area is 108 Å². The number of hydrogen-bond acceptors (Lipinski definition) is 1. The Bertz CT molecular complexity index is 307. The van der Waals surface area contributed by atoms with Crippen molar-refractivity contribution in [3.8, 4) is 0 Å². The van der Waals surface area contributed by atoms with Crippen molar-refractivity contribution < 1.29 is 0 Å². The minimum absolute atomic E-state index is 0.747. The fourth-order valence-electron chi connectivity index (χ4n) is 2.06. The Morgan fingerprint density at radius 3 is 2.62 bits per heavy atom. The summed E-state index contributed by atoms with van der Waals surface area (Å²) >= 11 is 3.62. The average molecular weight is 287 g/mol. The Kier molecular flexibility index (Phi) is 6.10. The molecule has 0 N–H and O–H groups in total. The molecule has 0 spiro atoms. The van der Waals surface area contributed by atoms with Crippen LogP contribution in [0.25, 0.3) is 0 Å². The molecule has 92 valence electrons. The summed E-state index contributed by atoms with van der Waals surface area (Å²) in [6, 6.07) is 2.27. The van der Waals surface area contributed by atoms with Crippen molar-refractivity contribution in [1.29, 1.82) is 0 Å². The predicted octanol–water partition coefficient (Wildman–Crippen LogP) is 3.82. The lowest BCUT2D eigenvalue weighted by atomic mass is 10.00. The van der Waals surface area contributed by atoms with Crippen LogP contribution in [-0.2, 0) is 19.4 Å². The molecule has 0 radical (unpaired) electrons. The molecule has 3 heteroatoms. The lowest BCUT2D eigenvalue weighted by Crippen LogP contribution is -2.11. The fraction of sp³-hybridized carbons (Fsp3) is 0.769. The number of aromatic nitrogens is 2. The number of halogens is 1. The molecule has 0 aromatic carbocycles. The summed E-state index contributed by atoms with van der Waals surface area (Å²) in [7, 11) is 0. The standard InChI is InChI=1S/C13H23BrN2/c1-4-7-11(10-14)8-13-9-12(5-2)15-16(13)6-3/h9,11H,4-8,10H2,1-3H3. The van der Waals surface area contributed by atoms with Gasteiger partial charge in [0.05, 0.1) is 5.69 Å². The number of rotatable bonds is 7. The summed E-state index contributed by atoms with van der Waals surface area (Å²) in [6.07, 6.45) is 4.74. The second-order valence-corrected chi connectivity index (χ2v) is 4.96. The monoisotopic (exact) mass is 286 g/mol. The van der Waals surface area contributed by atoms with E-state index in [2.05, 4.69) is 52.5 Å². The third kappa shape index (κ3) is 3.62. The first-order valence-corrected chi connectivity index (χ1v) is 7.48. The number of hydrogen-bond donors (Lipinski definition) is 0. The fourth-order valence-corrected chi connectivity index (χ4v) is 2.62. The van der Waals surface area contributed by atoms with Crippen molar-refractivity contribution in [1.82, 2.24) is 9.78 Å². The maximum atomic E-state index is 4.60. The van der Waals surface area contributed by atoms with Gasteiger partial charge < -0.3 is 0 Å². The summed E-state index contributed by atoms with van der Waals surface area (Å²) in [6.45, 7) is 7.57. The Hall–Kier alpha value is -0.310. The van der Waals surface area contributed by atoms with E-state index in [0.29, 0.717) is 0 Å². The van der Waals surface area contributed by atoms with Gasteiger partial charge in [0.2, 0.25) is 0 Å². The van der Waals surface area contributed by atoms with Crippen LogP contribution in [0.5, 0.6) is 0 Å². The molecule has 0 bridgehead atoms. The molecule has 1 rings (SSSR count). The van der Waals surface area contributed by atoms with E-state index in [1.165, 1.54) is 24.2 Å². The van der Waals surface area contributed by atoms with Crippen LogP contribution in [0.15, 0.2) is 6.07 Å². The molecular formula is C13H23BrN2. The van der Waals surface area contributed by atoms with Crippen molar-refractivity contribution in [3.63, 3.8) is 0 Å². The van der Waals surface area contributed by atoms with E-state index in [0.717, 1.165) is 30.6 Å². The Morgan fingerprint density at radius 1 is 1.38 bits per heavy atom. The molecule has 1 aromatic rings. The van der Waals surface area contributed by atoms with E-state index < -0.39 is 0 Å². The average Bonchev–Trinajstić information content (AvgIpc) is 2.70.